The zero-order valence-corrected chi connectivity index (χ0v) is 23.4. The van der Waals surface area contributed by atoms with Gasteiger partial charge < -0.3 is 5.32 Å². The van der Waals surface area contributed by atoms with Crippen LogP contribution in [0.1, 0.15) is 96.3 Å². The van der Waals surface area contributed by atoms with Crippen LogP contribution in [-0.2, 0) is 0 Å². The maximum Gasteiger partial charge on any atom is 0.0708 e. The minimum Gasteiger partial charge on any atom is -0.317 e. The van der Waals surface area contributed by atoms with Crippen molar-refractivity contribution >= 4 is 11.4 Å². The van der Waals surface area contributed by atoms with Crippen molar-refractivity contribution in [3.05, 3.63) is 75.4 Å². The number of nitrogens with zero attached hydrogens (tertiary/aromatic N) is 1. The van der Waals surface area contributed by atoms with Gasteiger partial charge in [0.15, 0.2) is 0 Å². The summed E-state index contributed by atoms with van der Waals surface area (Å²) in [5.74, 6) is 1.07. The largest absolute Gasteiger partial charge is 0.317 e. The molecule has 1 saturated heterocycles. The molecule has 1 aliphatic carbocycles. The Bertz CT molecular complexity index is 1020. The van der Waals surface area contributed by atoms with Crippen LogP contribution in [0.2, 0.25) is 0 Å². The molecular formula is C33H48N2. The summed E-state index contributed by atoms with van der Waals surface area (Å²) < 4.78 is 0. The zero-order valence-electron chi connectivity index (χ0n) is 23.4. The quantitative estimate of drug-likeness (QED) is 0.281. The first kappa shape index (κ1) is 27.4. The van der Waals surface area contributed by atoms with Crippen LogP contribution in [0.4, 0.5) is 0 Å². The molecule has 2 heteroatoms. The van der Waals surface area contributed by atoms with E-state index >= 15 is 0 Å². The van der Waals surface area contributed by atoms with Gasteiger partial charge in [-0.2, -0.15) is 0 Å². The summed E-state index contributed by atoms with van der Waals surface area (Å²) in [5.41, 5.74) is 12.2. The van der Waals surface area contributed by atoms with Crippen LogP contribution in [0.3, 0.4) is 0 Å². The highest BCUT2D eigenvalue weighted by molar-refractivity contribution is 6.04. The van der Waals surface area contributed by atoms with Crippen LogP contribution in [0.5, 0.6) is 0 Å². The fraction of sp³-hybridized carbons (Fsp3) is 0.545. The van der Waals surface area contributed by atoms with Gasteiger partial charge in [0.1, 0.15) is 0 Å². The molecule has 0 radical (unpaired) electrons. The first-order valence-corrected chi connectivity index (χ1v) is 14.0. The standard InChI is InChI=1S/C33H48N2/c1-8-23(4)33(28(10-3)22-27(9-2)30-16-18-34-19-17-30)35-32(21-26(7)29-12-11-13-29)31-15-14-24(5)25(6)20-31/h9,14-15,20-23,30,34H,8,10-13,16-19H2,1-7H3/b27-9+,28-22-,32-21-,35-33-. The van der Waals surface area contributed by atoms with Gasteiger partial charge in [-0.05, 0) is 138 Å². The minimum absolute atomic E-state index is 0.416. The number of allylic oxidation sites excluding steroid dienone is 7. The number of aryl methyl sites for hydroxylation is 2. The van der Waals surface area contributed by atoms with Crippen molar-refractivity contribution in [1.29, 1.82) is 0 Å². The average molecular weight is 473 g/mol. The molecular weight excluding hydrogens is 424 g/mol. The third-order valence-electron chi connectivity index (χ3n) is 8.19. The highest BCUT2D eigenvalue weighted by atomic mass is 14.9. The summed E-state index contributed by atoms with van der Waals surface area (Å²) in [5, 5.41) is 3.52. The molecule has 1 N–H and O–H groups in total. The molecule has 190 valence electrons. The van der Waals surface area contributed by atoms with Crippen molar-refractivity contribution in [2.75, 3.05) is 13.1 Å². The number of hydrogen-bond acceptors (Lipinski definition) is 2. The maximum absolute atomic E-state index is 5.51. The van der Waals surface area contributed by atoms with E-state index in [2.05, 4.69) is 90.2 Å². The smallest absolute Gasteiger partial charge is 0.0708 e. The van der Waals surface area contributed by atoms with E-state index in [1.807, 2.05) is 0 Å². The number of hydrogen-bond donors (Lipinski definition) is 1. The van der Waals surface area contributed by atoms with Crippen molar-refractivity contribution < 1.29 is 0 Å². The fourth-order valence-corrected chi connectivity index (χ4v) is 5.11. The van der Waals surface area contributed by atoms with E-state index in [4.69, 9.17) is 4.99 Å². The molecule has 2 nitrogen and oxygen atoms in total. The third-order valence-corrected chi connectivity index (χ3v) is 8.19. The predicted octanol–water partition coefficient (Wildman–Crippen LogP) is 8.91. The van der Waals surface area contributed by atoms with Gasteiger partial charge in [0.25, 0.3) is 0 Å². The lowest BCUT2D eigenvalue weighted by atomic mass is 9.85. The van der Waals surface area contributed by atoms with Crippen LogP contribution >= 0.6 is 0 Å². The van der Waals surface area contributed by atoms with Crippen molar-refractivity contribution in [2.45, 2.75) is 93.4 Å². The van der Waals surface area contributed by atoms with Gasteiger partial charge in [0.2, 0.25) is 0 Å². The second-order valence-corrected chi connectivity index (χ2v) is 10.6. The van der Waals surface area contributed by atoms with Crippen molar-refractivity contribution in [2.24, 2.45) is 16.8 Å². The van der Waals surface area contributed by atoms with Crippen LogP contribution in [0, 0.1) is 25.7 Å². The number of benzene rings is 1. The molecule has 2 aliphatic rings. The van der Waals surface area contributed by atoms with Gasteiger partial charge in [-0.1, -0.05) is 50.6 Å². The zero-order chi connectivity index (χ0) is 25.4. The second kappa shape index (κ2) is 13.2. The van der Waals surface area contributed by atoms with Crippen molar-refractivity contribution in [3.63, 3.8) is 0 Å². The lowest BCUT2D eigenvalue weighted by Gasteiger charge is -2.25. The highest BCUT2D eigenvalue weighted by Crippen LogP contribution is 2.32. The van der Waals surface area contributed by atoms with E-state index < -0.39 is 0 Å². The molecule has 1 aliphatic heterocycles. The summed E-state index contributed by atoms with van der Waals surface area (Å²) in [4.78, 5) is 5.51. The fourth-order valence-electron chi connectivity index (χ4n) is 5.11. The summed E-state index contributed by atoms with van der Waals surface area (Å²) in [6.45, 7) is 18.1. The van der Waals surface area contributed by atoms with Gasteiger partial charge in [0.05, 0.1) is 5.70 Å². The molecule has 1 saturated carbocycles. The Morgan fingerprint density at radius 2 is 1.80 bits per heavy atom. The molecule has 1 heterocycles. The molecule has 0 bridgehead atoms. The Kier molecular flexibility index (Phi) is 10.3. The lowest BCUT2D eigenvalue weighted by molar-refractivity contribution is 0.425. The van der Waals surface area contributed by atoms with E-state index in [9.17, 15) is 0 Å². The van der Waals surface area contributed by atoms with E-state index in [-0.39, 0.29) is 0 Å². The molecule has 0 spiro atoms. The molecule has 0 aromatic heterocycles. The number of rotatable bonds is 9. The summed E-state index contributed by atoms with van der Waals surface area (Å²) in [7, 11) is 0. The predicted molar refractivity (Wildman–Crippen MR) is 155 cm³/mol. The van der Waals surface area contributed by atoms with Gasteiger partial charge in [0, 0.05) is 11.3 Å². The second-order valence-electron chi connectivity index (χ2n) is 10.6. The first-order valence-electron chi connectivity index (χ1n) is 14.0. The van der Waals surface area contributed by atoms with Crippen LogP contribution in [0.15, 0.2) is 63.7 Å². The SMILES string of the molecule is C\C=C(/C=C(CC)\C(=N/C(=C\C(C)=C1CCC1)c1ccc(C)c(C)c1)C(C)CC)C1CCNCC1. The Morgan fingerprint density at radius 1 is 1.09 bits per heavy atom. The van der Waals surface area contributed by atoms with Crippen LogP contribution in [-0.4, -0.2) is 18.8 Å². The normalized spacial score (nSPS) is 19.6. The van der Waals surface area contributed by atoms with Crippen LogP contribution < -0.4 is 5.32 Å². The highest BCUT2D eigenvalue weighted by Gasteiger charge is 2.20. The third kappa shape index (κ3) is 7.17. The summed E-state index contributed by atoms with van der Waals surface area (Å²) >= 11 is 0. The van der Waals surface area contributed by atoms with Crippen molar-refractivity contribution in [3.8, 4) is 0 Å². The van der Waals surface area contributed by atoms with E-state index in [0.717, 1.165) is 31.6 Å². The van der Waals surface area contributed by atoms with Gasteiger partial charge >= 0.3 is 0 Å². The van der Waals surface area contributed by atoms with E-state index in [1.165, 1.54) is 71.2 Å². The molecule has 1 unspecified atom stereocenters. The van der Waals surface area contributed by atoms with E-state index in [1.54, 1.807) is 5.57 Å². The number of aliphatic imine (C=N–C) groups is 1. The summed E-state index contributed by atoms with van der Waals surface area (Å²) in [6.07, 6.45) is 15.5. The molecule has 3 rings (SSSR count). The maximum atomic E-state index is 5.51. The molecule has 1 aromatic carbocycles. The molecule has 1 aromatic rings. The Balaban J connectivity index is 2.12. The van der Waals surface area contributed by atoms with Gasteiger partial charge in [-0.25, -0.2) is 0 Å². The van der Waals surface area contributed by atoms with Gasteiger partial charge in [-0.15, -0.1) is 0 Å². The number of nitrogens with one attached hydrogen (secondary N) is 1. The summed E-state index contributed by atoms with van der Waals surface area (Å²) in [6, 6.07) is 6.82. The van der Waals surface area contributed by atoms with E-state index in [0.29, 0.717) is 11.8 Å². The van der Waals surface area contributed by atoms with Crippen molar-refractivity contribution in [1.82, 2.24) is 5.32 Å². The Morgan fingerprint density at radius 3 is 2.34 bits per heavy atom. The lowest BCUT2D eigenvalue weighted by Crippen LogP contribution is -2.28. The molecule has 35 heavy (non-hydrogen) atoms. The monoisotopic (exact) mass is 472 g/mol. The number of piperidine rings is 1. The van der Waals surface area contributed by atoms with Gasteiger partial charge in [-0.3, -0.25) is 4.99 Å². The Labute approximate surface area is 215 Å². The molecule has 1 atom stereocenters. The molecule has 2 fully saturated rings. The van der Waals surface area contributed by atoms with Crippen LogP contribution in [0.25, 0.3) is 5.70 Å². The average Bonchev–Trinajstić information content (AvgIpc) is 2.83. The topological polar surface area (TPSA) is 24.4 Å². The Hall–Kier alpha value is -2.19. The molecule has 0 amide bonds. The minimum atomic E-state index is 0.416. The first-order chi connectivity index (χ1) is 16.9.